The molecule has 6 aliphatic rings. The third-order valence-electron chi connectivity index (χ3n) is 9.49. The van der Waals surface area contributed by atoms with Crippen molar-refractivity contribution in [3.8, 4) is 0 Å². The van der Waals surface area contributed by atoms with Crippen LogP contribution >= 0.6 is 0 Å². The molecule has 6 rings (SSSR count). The van der Waals surface area contributed by atoms with E-state index in [2.05, 4.69) is 10.2 Å². The number of hydrogen-bond donors (Lipinski definition) is 1. The zero-order valence-electron chi connectivity index (χ0n) is 21.3. The Labute approximate surface area is 205 Å². The van der Waals surface area contributed by atoms with E-state index in [9.17, 15) is 14.4 Å². The Morgan fingerprint density at radius 2 is 1.35 bits per heavy atom. The zero-order valence-corrected chi connectivity index (χ0v) is 21.3. The van der Waals surface area contributed by atoms with Crippen molar-refractivity contribution in [2.45, 2.75) is 77.7 Å². The topological polar surface area (TPSA) is 73.0 Å². The number of piperidine rings is 1. The largest absolute Gasteiger partial charge is 0.344 e. The van der Waals surface area contributed by atoms with Crippen molar-refractivity contribution in [1.29, 1.82) is 0 Å². The lowest BCUT2D eigenvalue weighted by Gasteiger charge is -2.56. The van der Waals surface area contributed by atoms with Crippen LogP contribution in [0.3, 0.4) is 0 Å². The highest BCUT2D eigenvalue weighted by atomic mass is 16.2. The minimum absolute atomic E-state index is 0.0510. The maximum atomic E-state index is 13.6. The number of nitrogens with zero attached hydrogens (tertiary/aromatic N) is 3. The van der Waals surface area contributed by atoms with Gasteiger partial charge in [-0.15, -0.1) is 0 Å². The lowest BCUT2D eigenvalue weighted by molar-refractivity contribution is -0.151. The van der Waals surface area contributed by atoms with Crippen molar-refractivity contribution in [1.82, 2.24) is 20.0 Å². The molecular formula is C27H44N4O3. The Morgan fingerprint density at radius 3 is 1.88 bits per heavy atom. The van der Waals surface area contributed by atoms with Crippen molar-refractivity contribution >= 4 is 17.7 Å². The van der Waals surface area contributed by atoms with Gasteiger partial charge < -0.3 is 15.1 Å². The summed E-state index contributed by atoms with van der Waals surface area (Å²) in [5, 5.41) is 3.25. The molecule has 4 bridgehead atoms. The molecule has 2 saturated heterocycles. The van der Waals surface area contributed by atoms with E-state index in [0.29, 0.717) is 37.4 Å². The second-order valence-corrected chi connectivity index (χ2v) is 12.4. The van der Waals surface area contributed by atoms with Crippen LogP contribution in [0.25, 0.3) is 0 Å². The average Bonchev–Trinajstić information content (AvgIpc) is 2.82. The zero-order chi connectivity index (χ0) is 23.9. The Kier molecular flexibility index (Phi) is 6.93. The first-order valence-corrected chi connectivity index (χ1v) is 13.9. The molecule has 0 aromatic heterocycles. The third-order valence-corrected chi connectivity index (χ3v) is 9.49. The molecule has 2 heterocycles. The molecule has 3 amide bonds. The third kappa shape index (κ3) is 4.87. The average molecular weight is 473 g/mol. The van der Waals surface area contributed by atoms with Gasteiger partial charge in [0.25, 0.3) is 0 Å². The molecule has 1 N–H and O–H groups in total. The summed E-state index contributed by atoms with van der Waals surface area (Å²) in [7, 11) is 0. The molecule has 7 heteroatoms. The van der Waals surface area contributed by atoms with Crippen LogP contribution in [-0.4, -0.2) is 84.3 Å². The highest BCUT2D eigenvalue weighted by Crippen LogP contribution is 2.60. The first kappa shape index (κ1) is 24.1. The normalized spacial score (nSPS) is 34.4. The SMILES string of the molecule is CC(C)C(NC(=O)C12CC3CC(CC(C3)C1)C2)C(=O)N1CCN(CC(=O)N2CCCCC2)CC1. The van der Waals surface area contributed by atoms with Gasteiger partial charge in [0.1, 0.15) is 6.04 Å². The van der Waals surface area contributed by atoms with Gasteiger partial charge in [0.2, 0.25) is 17.7 Å². The fourth-order valence-corrected chi connectivity index (χ4v) is 7.95. The Balaban J connectivity index is 1.15. The number of rotatable bonds is 6. The van der Waals surface area contributed by atoms with Crippen LogP contribution in [0.15, 0.2) is 0 Å². The Hall–Kier alpha value is -1.63. The molecule has 0 aromatic rings. The fraction of sp³-hybridized carbons (Fsp3) is 0.889. The quantitative estimate of drug-likeness (QED) is 0.645. The molecule has 4 saturated carbocycles. The van der Waals surface area contributed by atoms with Crippen LogP contribution in [0.5, 0.6) is 0 Å². The summed E-state index contributed by atoms with van der Waals surface area (Å²) in [6.07, 6.45) is 10.4. The Bertz CT molecular complexity index is 747. The summed E-state index contributed by atoms with van der Waals surface area (Å²) < 4.78 is 0. The van der Waals surface area contributed by atoms with Crippen molar-refractivity contribution in [3.63, 3.8) is 0 Å². The summed E-state index contributed by atoms with van der Waals surface area (Å²) in [5.74, 6) is 2.62. The molecule has 34 heavy (non-hydrogen) atoms. The predicted octanol–water partition coefficient (Wildman–Crippen LogP) is 2.50. The summed E-state index contributed by atoms with van der Waals surface area (Å²) in [6.45, 7) is 9.00. The second-order valence-electron chi connectivity index (χ2n) is 12.4. The number of amides is 3. The molecule has 2 aliphatic heterocycles. The van der Waals surface area contributed by atoms with Crippen molar-refractivity contribution in [2.24, 2.45) is 29.1 Å². The number of carbonyl (C=O) groups excluding carboxylic acids is 3. The number of likely N-dealkylation sites (tertiary alicyclic amines) is 1. The van der Waals surface area contributed by atoms with Gasteiger partial charge in [-0.25, -0.2) is 0 Å². The molecule has 0 radical (unpaired) electrons. The Morgan fingerprint density at radius 1 is 0.794 bits per heavy atom. The van der Waals surface area contributed by atoms with Crippen LogP contribution in [0.1, 0.15) is 71.6 Å². The van der Waals surface area contributed by atoms with Gasteiger partial charge in [-0.3, -0.25) is 19.3 Å². The minimum atomic E-state index is -0.456. The van der Waals surface area contributed by atoms with Crippen LogP contribution in [-0.2, 0) is 14.4 Å². The number of nitrogens with one attached hydrogen (secondary N) is 1. The lowest BCUT2D eigenvalue weighted by atomic mass is 9.49. The van der Waals surface area contributed by atoms with E-state index < -0.39 is 6.04 Å². The molecule has 7 nitrogen and oxygen atoms in total. The summed E-state index contributed by atoms with van der Waals surface area (Å²) in [4.78, 5) is 45.8. The maximum Gasteiger partial charge on any atom is 0.245 e. The van der Waals surface area contributed by atoms with Gasteiger partial charge in [-0.05, 0) is 81.5 Å². The van der Waals surface area contributed by atoms with Gasteiger partial charge in [0.05, 0.1) is 6.54 Å². The van der Waals surface area contributed by atoms with Crippen LogP contribution in [0, 0.1) is 29.1 Å². The van der Waals surface area contributed by atoms with Gasteiger partial charge in [-0.2, -0.15) is 0 Å². The van der Waals surface area contributed by atoms with Gasteiger partial charge in [0, 0.05) is 44.7 Å². The number of hydrogen-bond acceptors (Lipinski definition) is 4. The van der Waals surface area contributed by atoms with E-state index in [1.165, 1.54) is 25.7 Å². The summed E-state index contributed by atoms with van der Waals surface area (Å²) in [6, 6.07) is -0.456. The van der Waals surface area contributed by atoms with E-state index in [4.69, 9.17) is 0 Å². The van der Waals surface area contributed by atoms with Crippen LogP contribution < -0.4 is 5.32 Å². The molecule has 4 aliphatic carbocycles. The van der Waals surface area contributed by atoms with E-state index in [-0.39, 0.29) is 29.1 Å². The van der Waals surface area contributed by atoms with E-state index in [1.54, 1.807) is 0 Å². The highest BCUT2D eigenvalue weighted by Gasteiger charge is 2.55. The molecular weight excluding hydrogens is 428 g/mol. The van der Waals surface area contributed by atoms with E-state index in [1.807, 2.05) is 23.6 Å². The highest BCUT2D eigenvalue weighted by molar-refractivity contribution is 5.90. The molecule has 6 fully saturated rings. The molecule has 0 spiro atoms. The monoisotopic (exact) mass is 472 g/mol. The van der Waals surface area contributed by atoms with Crippen LogP contribution in [0.2, 0.25) is 0 Å². The molecule has 1 unspecified atom stereocenters. The maximum absolute atomic E-state index is 13.6. The predicted molar refractivity (Wildman–Crippen MR) is 131 cm³/mol. The first-order chi connectivity index (χ1) is 16.3. The lowest BCUT2D eigenvalue weighted by Crippen LogP contribution is -2.60. The van der Waals surface area contributed by atoms with Crippen molar-refractivity contribution in [2.75, 3.05) is 45.8 Å². The molecule has 0 aromatic carbocycles. The van der Waals surface area contributed by atoms with Gasteiger partial charge >= 0.3 is 0 Å². The fourth-order valence-electron chi connectivity index (χ4n) is 7.95. The van der Waals surface area contributed by atoms with Crippen molar-refractivity contribution in [3.05, 3.63) is 0 Å². The second kappa shape index (κ2) is 9.79. The van der Waals surface area contributed by atoms with Crippen molar-refractivity contribution < 1.29 is 14.4 Å². The van der Waals surface area contributed by atoms with E-state index >= 15 is 0 Å². The number of carbonyl (C=O) groups is 3. The first-order valence-electron chi connectivity index (χ1n) is 13.9. The number of piperazine rings is 1. The minimum Gasteiger partial charge on any atom is -0.344 e. The smallest absolute Gasteiger partial charge is 0.245 e. The van der Waals surface area contributed by atoms with E-state index in [0.717, 1.165) is 58.3 Å². The summed E-state index contributed by atoms with van der Waals surface area (Å²) >= 11 is 0. The molecule has 190 valence electrons. The van der Waals surface area contributed by atoms with Crippen LogP contribution in [0.4, 0.5) is 0 Å². The standard InChI is InChI=1S/C27H44N4O3/c1-19(2)24(28-26(34)27-15-20-12-21(16-27)14-22(13-20)17-27)25(33)31-10-8-29(9-11-31)18-23(32)30-6-4-3-5-7-30/h19-22,24H,3-18H2,1-2H3,(H,28,34). The summed E-state index contributed by atoms with van der Waals surface area (Å²) in [5.41, 5.74) is -0.227. The van der Waals surface area contributed by atoms with Gasteiger partial charge in [-0.1, -0.05) is 13.8 Å². The van der Waals surface area contributed by atoms with Gasteiger partial charge in [0.15, 0.2) is 0 Å². The molecule has 1 atom stereocenters.